The minimum atomic E-state index is 0.182. The van der Waals surface area contributed by atoms with Gasteiger partial charge in [0.05, 0.1) is 17.9 Å². The Bertz CT molecular complexity index is 348. The molecule has 0 N–H and O–H groups in total. The Morgan fingerprint density at radius 3 is 3.12 bits per heavy atom. The van der Waals surface area contributed by atoms with E-state index in [2.05, 4.69) is 0 Å². The molecule has 0 radical (unpaired) electrons. The number of hydrogen-bond donors (Lipinski definition) is 0. The lowest BCUT2D eigenvalue weighted by molar-refractivity contribution is 0.0858. The summed E-state index contributed by atoms with van der Waals surface area (Å²) < 4.78 is 10.8. The van der Waals surface area contributed by atoms with Crippen LogP contribution in [0.15, 0.2) is 16.7 Å². The van der Waals surface area contributed by atoms with Crippen molar-refractivity contribution < 1.29 is 13.9 Å². The second-order valence-corrected chi connectivity index (χ2v) is 4.21. The standard InChI is InChI=1S/C13H18O3/c1-2-13-11(7-9-16-13)12(14)6-5-10-4-3-8-15-10/h7,9-10H,2-6,8H2,1H3. The van der Waals surface area contributed by atoms with Gasteiger partial charge in [-0.3, -0.25) is 4.79 Å². The fourth-order valence-electron chi connectivity index (χ4n) is 2.16. The zero-order chi connectivity index (χ0) is 11.4. The zero-order valence-corrected chi connectivity index (χ0v) is 9.70. The minimum Gasteiger partial charge on any atom is -0.469 e. The summed E-state index contributed by atoms with van der Waals surface area (Å²) in [5.74, 6) is 0.985. The van der Waals surface area contributed by atoms with Crippen LogP contribution < -0.4 is 0 Å². The molecule has 0 bridgehead atoms. The van der Waals surface area contributed by atoms with Crippen LogP contribution in [0.4, 0.5) is 0 Å². The van der Waals surface area contributed by atoms with Gasteiger partial charge in [-0.15, -0.1) is 0 Å². The summed E-state index contributed by atoms with van der Waals surface area (Å²) >= 11 is 0. The quantitative estimate of drug-likeness (QED) is 0.719. The number of carbonyl (C=O) groups is 1. The molecule has 0 spiro atoms. The van der Waals surface area contributed by atoms with E-state index in [1.807, 2.05) is 6.92 Å². The Balaban J connectivity index is 1.87. The van der Waals surface area contributed by atoms with Crippen molar-refractivity contribution in [3.8, 4) is 0 Å². The van der Waals surface area contributed by atoms with Crippen molar-refractivity contribution in [1.29, 1.82) is 0 Å². The Morgan fingerprint density at radius 1 is 1.56 bits per heavy atom. The first-order valence-electron chi connectivity index (χ1n) is 6.02. The Hall–Kier alpha value is -1.09. The van der Waals surface area contributed by atoms with E-state index in [1.165, 1.54) is 0 Å². The van der Waals surface area contributed by atoms with Crippen molar-refractivity contribution in [2.75, 3.05) is 6.61 Å². The van der Waals surface area contributed by atoms with Crippen molar-refractivity contribution in [3.63, 3.8) is 0 Å². The topological polar surface area (TPSA) is 39.4 Å². The molecular formula is C13H18O3. The van der Waals surface area contributed by atoms with Gasteiger partial charge in [-0.1, -0.05) is 6.92 Å². The van der Waals surface area contributed by atoms with Gasteiger partial charge in [0.25, 0.3) is 0 Å². The molecule has 1 saturated heterocycles. The summed E-state index contributed by atoms with van der Waals surface area (Å²) in [7, 11) is 0. The van der Waals surface area contributed by atoms with Crippen LogP contribution in [0, 0.1) is 0 Å². The summed E-state index contributed by atoms with van der Waals surface area (Å²) in [5.41, 5.74) is 0.750. The van der Waals surface area contributed by atoms with E-state index in [0.717, 1.165) is 43.6 Å². The highest BCUT2D eigenvalue weighted by molar-refractivity contribution is 5.96. The predicted molar refractivity (Wildman–Crippen MR) is 60.6 cm³/mol. The average molecular weight is 222 g/mol. The number of ketones is 1. The molecule has 1 aliphatic rings. The smallest absolute Gasteiger partial charge is 0.166 e. The van der Waals surface area contributed by atoms with Crippen molar-refractivity contribution in [1.82, 2.24) is 0 Å². The van der Waals surface area contributed by atoms with Gasteiger partial charge in [-0.05, 0) is 25.3 Å². The molecule has 88 valence electrons. The highest BCUT2D eigenvalue weighted by atomic mass is 16.5. The number of furan rings is 1. The lowest BCUT2D eigenvalue weighted by Gasteiger charge is -2.07. The van der Waals surface area contributed by atoms with E-state index in [1.54, 1.807) is 12.3 Å². The third-order valence-corrected chi connectivity index (χ3v) is 3.08. The summed E-state index contributed by atoms with van der Waals surface area (Å²) in [6, 6.07) is 1.77. The largest absolute Gasteiger partial charge is 0.469 e. The molecule has 1 aromatic heterocycles. The summed E-state index contributed by atoms with van der Waals surface area (Å²) in [6.45, 7) is 2.85. The number of ether oxygens (including phenoxy) is 1. The van der Waals surface area contributed by atoms with Crippen LogP contribution in [0.3, 0.4) is 0 Å². The molecule has 2 rings (SSSR count). The first-order chi connectivity index (χ1) is 7.81. The van der Waals surface area contributed by atoms with Gasteiger partial charge in [0, 0.05) is 19.4 Å². The lowest BCUT2D eigenvalue weighted by atomic mass is 10.0. The van der Waals surface area contributed by atoms with Gasteiger partial charge in [0.1, 0.15) is 5.76 Å². The van der Waals surface area contributed by atoms with Crippen molar-refractivity contribution in [2.45, 2.75) is 45.1 Å². The molecule has 1 atom stereocenters. The third-order valence-electron chi connectivity index (χ3n) is 3.08. The maximum absolute atomic E-state index is 11.9. The molecule has 16 heavy (non-hydrogen) atoms. The lowest BCUT2D eigenvalue weighted by Crippen LogP contribution is -2.09. The SMILES string of the molecule is CCc1occc1C(=O)CCC1CCCO1. The zero-order valence-electron chi connectivity index (χ0n) is 9.70. The Kier molecular flexibility index (Phi) is 3.78. The molecule has 0 aromatic carbocycles. The molecule has 0 saturated carbocycles. The number of aryl methyl sites for hydroxylation is 1. The minimum absolute atomic E-state index is 0.182. The van der Waals surface area contributed by atoms with E-state index >= 15 is 0 Å². The number of carbonyl (C=O) groups excluding carboxylic acids is 1. The highest BCUT2D eigenvalue weighted by Crippen LogP contribution is 2.20. The predicted octanol–water partition coefficient (Wildman–Crippen LogP) is 2.98. The van der Waals surface area contributed by atoms with Crippen LogP contribution >= 0.6 is 0 Å². The Labute approximate surface area is 95.8 Å². The average Bonchev–Trinajstić information content (AvgIpc) is 2.96. The second-order valence-electron chi connectivity index (χ2n) is 4.21. The van der Waals surface area contributed by atoms with Crippen molar-refractivity contribution in [3.05, 3.63) is 23.7 Å². The molecule has 0 amide bonds. The van der Waals surface area contributed by atoms with Gasteiger partial charge < -0.3 is 9.15 Å². The molecule has 1 unspecified atom stereocenters. The number of hydrogen-bond acceptors (Lipinski definition) is 3. The number of rotatable bonds is 5. The van der Waals surface area contributed by atoms with Crippen LogP contribution in [0.25, 0.3) is 0 Å². The summed E-state index contributed by atoms with van der Waals surface area (Å²) in [4.78, 5) is 11.9. The van der Waals surface area contributed by atoms with E-state index in [-0.39, 0.29) is 5.78 Å². The first-order valence-corrected chi connectivity index (χ1v) is 6.02. The second kappa shape index (κ2) is 5.30. The Morgan fingerprint density at radius 2 is 2.44 bits per heavy atom. The first kappa shape index (κ1) is 11.4. The fraction of sp³-hybridized carbons (Fsp3) is 0.615. The van der Waals surface area contributed by atoms with Gasteiger partial charge in [0.2, 0.25) is 0 Å². The van der Waals surface area contributed by atoms with E-state index in [4.69, 9.17) is 9.15 Å². The molecule has 1 aromatic rings. The summed E-state index contributed by atoms with van der Waals surface area (Å²) in [5, 5.41) is 0. The molecule has 1 aliphatic heterocycles. The van der Waals surface area contributed by atoms with E-state index in [9.17, 15) is 4.79 Å². The van der Waals surface area contributed by atoms with Gasteiger partial charge in [0.15, 0.2) is 5.78 Å². The van der Waals surface area contributed by atoms with Gasteiger partial charge in [-0.25, -0.2) is 0 Å². The molecule has 3 heteroatoms. The van der Waals surface area contributed by atoms with Crippen molar-refractivity contribution >= 4 is 5.78 Å². The molecule has 0 aliphatic carbocycles. The fourth-order valence-corrected chi connectivity index (χ4v) is 2.16. The van der Waals surface area contributed by atoms with Crippen LogP contribution in [-0.2, 0) is 11.2 Å². The van der Waals surface area contributed by atoms with Crippen LogP contribution in [0.1, 0.15) is 48.7 Å². The highest BCUT2D eigenvalue weighted by Gasteiger charge is 2.19. The van der Waals surface area contributed by atoms with E-state index in [0.29, 0.717) is 12.5 Å². The van der Waals surface area contributed by atoms with Crippen LogP contribution in [0.5, 0.6) is 0 Å². The monoisotopic (exact) mass is 222 g/mol. The van der Waals surface area contributed by atoms with E-state index < -0.39 is 0 Å². The molecule has 1 fully saturated rings. The van der Waals surface area contributed by atoms with Crippen LogP contribution in [0.2, 0.25) is 0 Å². The molecular weight excluding hydrogens is 204 g/mol. The van der Waals surface area contributed by atoms with Crippen molar-refractivity contribution in [2.24, 2.45) is 0 Å². The normalized spacial score (nSPS) is 20.2. The third kappa shape index (κ3) is 2.53. The molecule has 3 nitrogen and oxygen atoms in total. The maximum atomic E-state index is 11.9. The molecule has 2 heterocycles. The maximum Gasteiger partial charge on any atom is 0.166 e. The van der Waals surface area contributed by atoms with Gasteiger partial charge >= 0.3 is 0 Å². The van der Waals surface area contributed by atoms with Crippen LogP contribution in [-0.4, -0.2) is 18.5 Å². The van der Waals surface area contributed by atoms with Gasteiger partial charge in [-0.2, -0.15) is 0 Å². The number of Topliss-reactive ketones (excluding diaryl/α,β-unsaturated/α-hetero) is 1. The summed E-state index contributed by atoms with van der Waals surface area (Å²) in [6.07, 6.45) is 6.29.